The van der Waals surface area contributed by atoms with Crippen molar-refractivity contribution >= 4 is 0 Å². The minimum absolute atomic E-state index is 0.209. The predicted molar refractivity (Wildman–Crippen MR) is 116 cm³/mol. The molecule has 3 heteroatoms. The molecule has 0 aliphatic carbocycles. The van der Waals surface area contributed by atoms with E-state index < -0.39 is 0 Å². The fourth-order valence-corrected chi connectivity index (χ4v) is 2.69. The van der Waals surface area contributed by atoms with Gasteiger partial charge in [-0.2, -0.15) is 0 Å². The molecule has 1 saturated heterocycles. The van der Waals surface area contributed by atoms with Crippen LogP contribution in [0, 0.1) is 0 Å². The predicted octanol–water partition coefficient (Wildman–Crippen LogP) is 5.75. The summed E-state index contributed by atoms with van der Waals surface area (Å²) in [5, 5.41) is 0. The average Bonchev–Trinajstić information content (AvgIpc) is 2.67. The molecule has 1 aromatic rings. The van der Waals surface area contributed by atoms with Gasteiger partial charge in [-0.1, -0.05) is 62.2 Å². The Kier molecular flexibility index (Phi) is 16.5. The third-order valence-electron chi connectivity index (χ3n) is 4.25. The van der Waals surface area contributed by atoms with Crippen LogP contribution < -0.4 is 0 Å². The first-order chi connectivity index (χ1) is 12.5. The maximum atomic E-state index is 5.14. The largest absolute Gasteiger partial charge is 0.377 e. The molecule has 0 saturated carbocycles. The first-order valence-corrected chi connectivity index (χ1v) is 10.1. The zero-order valence-electron chi connectivity index (χ0n) is 18.1. The summed E-state index contributed by atoms with van der Waals surface area (Å²) in [6, 6.07) is 10.2. The maximum absolute atomic E-state index is 5.14. The minimum atomic E-state index is 0.209. The van der Waals surface area contributed by atoms with Gasteiger partial charge >= 0.3 is 0 Å². The molecule has 150 valence electrons. The van der Waals surface area contributed by atoms with Crippen LogP contribution in [0.5, 0.6) is 0 Å². The van der Waals surface area contributed by atoms with Crippen molar-refractivity contribution in [2.75, 3.05) is 41.0 Å². The molecule has 1 fully saturated rings. The van der Waals surface area contributed by atoms with Crippen molar-refractivity contribution < 1.29 is 4.74 Å². The van der Waals surface area contributed by atoms with E-state index in [0.29, 0.717) is 0 Å². The summed E-state index contributed by atoms with van der Waals surface area (Å²) < 4.78 is 5.14. The van der Waals surface area contributed by atoms with Crippen LogP contribution >= 0.6 is 0 Å². The first-order valence-electron chi connectivity index (χ1n) is 10.1. The highest BCUT2D eigenvalue weighted by atomic mass is 16.5. The van der Waals surface area contributed by atoms with Gasteiger partial charge in [-0.3, -0.25) is 9.80 Å². The Labute approximate surface area is 163 Å². The van der Waals surface area contributed by atoms with Crippen LogP contribution in [0.4, 0.5) is 0 Å². The van der Waals surface area contributed by atoms with E-state index in [-0.39, 0.29) is 6.10 Å². The molecular weight excluding hydrogens is 320 g/mol. The lowest BCUT2D eigenvalue weighted by atomic mass is 10.1. The van der Waals surface area contributed by atoms with Crippen molar-refractivity contribution in [1.29, 1.82) is 0 Å². The second-order valence-corrected chi connectivity index (χ2v) is 7.05. The van der Waals surface area contributed by atoms with E-state index in [2.05, 4.69) is 62.0 Å². The average molecular weight is 363 g/mol. The summed E-state index contributed by atoms with van der Waals surface area (Å²) in [6.45, 7) is 10.0. The molecule has 1 heterocycles. The second-order valence-electron chi connectivity index (χ2n) is 7.05. The van der Waals surface area contributed by atoms with Crippen molar-refractivity contribution in [3.63, 3.8) is 0 Å². The van der Waals surface area contributed by atoms with Crippen molar-refractivity contribution in [2.24, 2.45) is 0 Å². The zero-order chi connectivity index (χ0) is 19.6. The molecule has 1 aliphatic rings. The van der Waals surface area contributed by atoms with Gasteiger partial charge in [-0.15, -0.1) is 0 Å². The third-order valence-corrected chi connectivity index (χ3v) is 4.25. The summed E-state index contributed by atoms with van der Waals surface area (Å²) >= 11 is 0. The van der Waals surface area contributed by atoms with E-state index >= 15 is 0 Å². The van der Waals surface area contributed by atoms with Gasteiger partial charge in [0.15, 0.2) is 0 Å². The Bertz CT molecular complexity index is 425. The van der Waals surface area contributed by atoms with Crippen LogP contribution in [0.3, 0.4) is 0 Å². The lowest BCUT2D eigenvalue weighted by molar-refractivity contribution is 0.119. The summed E-state index contributed by atoms with van der Waals surface area (Å²) in [7, 11) is 5.99. The second kappa shape index (κ2) is 17.3. The van der Waals surface area contributed by atoms with Gasteiger partial charge < -0.3 is 4.74 Å². The molecule has 0 amide bonds. The molecule has 0 N–H and O–H groups in total. The van der Waals surface area contributed by atoms with Crippen molar-refractivity contribution in [2.45, 2.75) is 59.0 Å². The van der Waals surface area contributed by atoms with Crippen molar-refractivity contribution in [1.82, 2.24) is 9.80 Å². The Morgan fingerprint density at radius 1 is 1.12 bits per heavy atom. The molecule has 1 aliphatic heterocycles. The molecule has 0 radical (unpaired) electrons. The molecule has 0 aromatic heterocycles. The van der Waals surface area contributed by atoms with Crippen LogP contribution in [0.1, 0.15) is 64.5 Å². The van der Waals surface area contributed by atoms with E-state index in [0.717, 1.165) is 6.67 Å². The van der Waals surface area contributed by atoms with Gasteiger partial charge in [0.1, 0.15) is 0 Å². The van der Waals surface area contributed by atoms with E-state index in [9.17, 15) is 0 Å². The number of ether oxygens (including phenoxy) is 1. The van der Waals surface area contributed by atoms with Gasteiger partial charge in [0.2, 0.25) is 0 Å². The molecular formula is C23H42N2O. The standard InChI is InChI=1S/C9H12O.C8H18N2.C6H12/c1-8(10-2)9-6-4-3-5-7-9;1-9(2)8-10-6-4-3-5-7-10;1-3-5-6-4-2/h3-8H,1-2H3;3-8H2,1-2H3;3,5H,4,6H2,1-2H3/b;;5-3-. The highest BCUT2D eigenvalue weighted by Crippen LogP contribution is 2.13. The van der Waals surface area contributed by atoms with E-state index in [1.54, 1.807) is 7.11 Å². The normalized spacial score (nSPS) is 15.8. The minimum Gasteiger partial charge on any atom is -0.377 e. The molecule has 1 unspecified atom stereocenters. The lowest BCUT2D eigenvalue weighted by Gasteiger charge is -2.28. The lowest BCUT2D eigenvalue weighted by Crippen LogP contribution is -2.37. The van der Waals surface area contributed by atoms with Crippen molar-refractivity contribution in [3.8, 4) is 0 Å². The molecule has 1 atom stereocenters. The molecule has 3 nitrogen and oxygen atoms in total. The molecule has 26 heavy (non-hydrogen) atoms. The summed E-state index contributed by atoms with van der Waals surface area (Å²) in [4.78, 5) is 4.76. The highest BCUT2D eigenvalue weighted by Gasteiger charge is 2.09. The van der Waals surface area contributed by atoms with Crippen LogP contribution in [-0.4, -0.2) is 50.8 Å². The van der Waals surface area contributed by atoms with E-state index in [4.69, 9.17) is 4.74 Å². The fourth-order valence-electron chi connectivity index (χ4n) is 2.69. The van der Waals surface area contributed by atoms with Crippen LogP contribution in [0.2, 0.25) is 0 Å². The highest BCUT2D eigenvalue weighted by molar-refractivity contribution is 5.16. The number of allylic oxidation sites excluding steroid dienone is 2. The number of hydrogen-bond donors (Lipinski definition) is 0. The van der Waals surface area contributed by atoms with Crippen molar-refractivity contribution in [3.05, 3.63) is 48.0 Å². The summed E-state index contributed by atoms with van der Waals surface area (Å²) in [6.07, 6.45) is 11.2. The number of piperidine rings is 1. The first kappa shape index (κ1) is 24.8. The topological polar surface area (TPSA) is 15.7 Å². The van der Waals surface area contributed by atoms with Gasteiger partial charge in [-0.05, 0) is 65.9 Å². The number of nitrogens with zero attached hydrogens (tertiary/aromatic N) is 2. The van der Waals surface area contributed by atoms with Crippen LogP contribution in [-0.2, 0) is 4.74 Å². The van der Waals surface area contributed by atoms with Gasteiger partial charge in [0.25, 0.3) is 0 Å². The number of methoxy groups -OCH3 is 1. The number of hydrogen-bond acceptors (Lipinski definition) is 3. The number of unbranched alkanes of at least 4 members (excludes halogenated alkanes) is 1. The quantitative estimate of drug-likeness (QED) is 0.599. The molecule has 1 aromatic carbocycles. The van der Waals surface area contributed by atoms with Gasteiger partial charge in [0, 0.05) is 7.11 Å². The number of benzene rings is 1. The third kappa shape index (κ3) is 14.1. The Balaban J connectivity index is 0.000000375. The molecule has 0 spiro atoms. The summed E-state index contributed by atoms with van der Waals surface area (Å²) in [5.74, 6) is 0. The molecule has 2 rings (SSSR count). The zero-order valence-corrected chi connectivity index (χ0v) is 18.1. The van der Waals surface area contributed by atoms with Crippen LogP contribution in [0.15, 0.2) is 42.5 Å². The fraction of sp³-hybridized carbons (Fsp3) is 0.652. The smallest absolute Gasteiger partial charge is 0.0793 e. The number of likely N-dealkylation sites (tertiary alicyclic amines) is 1. The SMILES string of the molecule is C/C=C\CCC.CN(C)CN1CCCCC1.COC(C)c1ccccc1. The Morgan fingerprint density at radius 3 is 2.15 bits per heavy atom. The van der Waals surface area contributed by atoms with E-state index in [1.165, 1.54) is 50.8 Å². The maximum Gasteiger partial charge on any atom is 0.0793 e. The molecule has 0 bridgehead atoms. The van der Waals surface area contributed by atoms with Crippen LogP contribution in [0.25, 0.3) is 0 Å². The van der Waals surface area contributed by atoms with Gasteiger partial charge in [-0.25, -0.2) is 0 Å². The monoisotopic (exact) mass is 362 g/mol. The number of rotatable bonds is 6. The van der Waals surface area contributed by atoms with Gasteiger partial charge in [0.05, 0.1) is 12.8 Å². The Morgan fingerprint density at radius 2 is 1.73 bits per heavy atom. The van der Waals surface area contributed by atoms with E-state index in [1.807, 2.05) is 25.1 Å². The Hall–Kier alpha value is -1.16. The summed E-state index contributed by atoms with van der Waals surface area (Å²) in [5.41, 5.74) is 1.23.